The first-order chi connectivity index (χ1) is 8.29. The number of hydrogen-bond donors (Lipinski definition) is 1. The third-order valence-electron chi connectivity index (χ3n) is 2.86. The van der Waals surface area contributed by atoms with Crippen molar-refractivity contribution in [3.8, 4) is 11.5 Å². The minimum Gasteiger partial charge on any atom is -0.373 e. The minimum atomic E-state index is 0.746. The van der Waals surface area contributed by atoms with Crippen molar-refractivity contribution in [3.63, 3.8) is 0 Å². The zero-order chi connectivity index (χ0) is 11.8. The Hall–Kier alpha value is -1.56. The van der Waals surface area contributed by atoms with E-state index in [0.717, 1.165) is 34.5 Å². The van der Waals surface area contributed by atoms with Gasteiger partial charge in [0.2, 0.25) is 0 Å². The van der Waals surface area contributed by atoms with Crippen LogP contribution in [0, 0.1) is 0 Å². The highest BCUT2D eigenvalue weighted by molar-refractivity contribution is 7.98. The van der Waals surface area contributed by atoms with E-state index in [1.807, 2.05) is 31.9 Å². The predicted molar refractivity (Wildman–Crippen MR) is 68.8 cm³/mol. The molecular weight excluding hydrogens is 234 g/mol. The molecule has 5 nitrogen and oxygen atoms in total. The smallest absolute Gasteiger partial charge is 0.180 e. The van der Waals surface area contributed by atoms with Crippen molar-refractivity contribution in [2.24, 2.45) is 7.05 Å². The molecule has 1 N–H and O–H groups in total. The van der Waals surface area contributed by atoms with Crippen LogP contribution in [0.3, 0.4) is 0 Å². The molecule has 0 aliphatic carbocycles. The molecule has 2 aromatic rings. The lowest BCUT2D eigenvalue weighted by atomic mass is 10.2. The monoisotopic (exact) mass is 247 g/mol. The van der Waals surface area contributed by atoms with Crippen LogP contribution in [0.15, 0.2) is 12.3 Å². The molecule has 0 aromatic carbocycles. The molecular formula is C11H13N5S. The maximum absolute atomic E-state index is 4.63. The zero-order valence-electron chi connectivity index (χ0n) is 9.77. The highest BCUT2D eigenvalue weighted by Crippen LogP contribution is 2.33. The van der Waals surface area contributed by atoms with E-state index in [-0.39, 0.29) is 0 Å². The molecule has 2 aromatic heterocycles. The van der Waals surface area contributed by atoms with Crippen molar-refractivity contribution in [1.82, 2.24) is 19.7 Å². The Kier molecular flexibility index (Phi) is 2.51. The maximum atomic E-state index is 4.63. The Bertz CT molecular complexity index is 563. The molecule has 0 fully saturated rings. The van der Waals surface area contributed by atoms with Gasteiger partial charge < -0.3 is 5.32 Å². The average molecular weight is 247 g/mol. The summed E-state index contributed by atoms with van der Waals surface area (Å²) in [6.07, 6.45) is 1.76. The fourth-order valence-electron chi connectivity index (χ4n) is 1.97. The summed E-state index contributed by atoms with van der Waals surface area (Å²) in [7, 11) is 3.80. The van der Waals surface area contributed by atoms with E-state index in [4.69, 9.17) is 0 Å². The van der Waals surface area contributed by atoms with Gasteiger partial charge in [0.05, 0.1) is 5.69 Å². The Balaban J connectivity index is 2.16. The number of nitrogens with zero attached hydrogens (tertiary/aromatic N) is 4. The lowest BCUT2D eigenvalue weighted by Gasteiger charge is -2.08. The van der Waals surface area contributed by atoms with Crippen LogP contribution in [0.25, 0.3) is 11.5 Å². The van der Waals surface area contributed by atoms with Crippen LogP contribution < -0.4 is 5.32 Å². The van der Waals surface area contributed by atoms with Gasteiger partial charge in [0.1, 0.15) is 11.5 Å². The molecule has 0 amide bonds. The third kappa shape index (κ3) is 1.68. The molecule has 0 saturated heterocycles. The Morgan fingerprint density at radius 3 is 2.94 bits per heavy atom. The largest absolute Gasteiger partial charge is 0.373 e. The van der Waals surface area contributed by atoms with Gasteiger partial charge in [0, 0.05) is 37.4 Å². The van der Waals surface area contributed by atoms with Gasteiger partial charge in [0.15, 0.2) is 5.82 Å². The minimum absolute atomic E-state index is 0.746. The van der Waals surface area contributed by atoms with Gasteiger partial charge >= 0.3 is 0 Å². The lowest BCUT2D eigenvalue weighted by Crippen LogP contribution is -2.05. The zero-order valence-corrected chi connectivity index (χ0v) is 10.6. The van der Waals surface area contributed by atoms with Gasteiger partial charge in [-0.05, 0) is 6.07 Å². The number of thioether (sulfide) groups is 1. The highest BCUT2D eigenvalue weighted by atomic mass is 32.2. The van der Waals surface area contributed by atoms with Gasteiger partial charge in [-0.1, -0.05) is 0 Å². The van der Waals surface area contributed by atoms with E-state index in [1.165, 1.54) is 5.56 Å². The molecule has 1 aliphatic heterocycles. The van der Waals surface area contributed by atoms with Gasteiger partial charge in [-0.3, -0.25) is 4.68 Å². The van der Waals surface area contributed by atoms with E-state index in [9.17, 15) is 0 Å². The highest BCUT2D eigenvalue weighted by Gasteiger charge is 2.20. The SMILES string of the molecule is CNc1nc(-c2ccnn2C)nc2c1CSC2. The second-order valence-corrected chi connectivity index (χ2v) is 4.89. The molecule has 88 valence electrons. The first-order valence-electron chi connectivity index (χ1n) is 5.43. The first kappa shape index (κ1) is 10.6. The summed E-state index contributed by atoms with van der Waals surface area (Å²) in [6, 6.07) is 1.93. The molecule has 0 radical (unpaired) electrons. The summed E-state index contributed by atoms with van der Waals surface area (Å²) < 4.78 is 1.79. The van der Waals surface area contributed by atoms with Crippen molar-refractivity contribution in [3.05, 3.63) is 23.5 Å². The molecule has 0 bridgehead atoms. The van der Waals surface area contributed by atoms with Gasteiger partial charge in [0.25, 0.3) is 0 Å². The molecule has 0 atom stereocenters. The van der Waals surface area contributed by atoms with Crippen LogP contribution in [-0.4, -0.2) is 26.8 Å². The number of fused-ring (bicyclic) bond motifs is 1. The van der Waals surface area contributed by atoms with Crippen molar-refractivity contribution in [2.45, 2.75) is 11.5 Å². The van der Waals surface area contributed by atoms with Gasteiger partial charge in [-0.25, -0.2) is 9.97 Å². The van der Waals surface area contributed by atoms with E-state index >= 15 is 0 Å². The fourth-order valence-corrected chi connectivity index (χ4v) is 3.01. The second kappa shape index (κ2) is 4.03. The standard InChI is InChI=1S/C11H13N5S/c1-12-10-7-5-17-6-8(7)14-11(15-10)9-3-4-13-16(9)2/h3-4H,5-6H2,1-2H3,(H,12,14,15). The van der Waals surface area contributed by atoms with Crippen LogP contribution in [0.5, 0.6) is 0 Å². The molecule has 3 heterocycles. The van der Waals surface area contributed by atoms with Gasteiger partial charge in [-0.2, -0.15) is 16.9 Å². The molecule has 6 heteroatoms. The van der Waals surface area contributed by atoms with Crippen molar-refractivity contribution in [2.75, 3.05) is 12.4 Å². The van der Waals surface area contributed by atoms with E-state index < -0.39 is 0 Å². The van der Waals surface area contributed by atoms with Crippen LogP contribution in [0.4, 0.5) is 5.82 Å². The second-order valence-electron chi connectivity index (χ2n) is 3.90. The number of hydrogen-bond acceptors (Lipinski definition) is 5. The topological polar surface area (TPSA) is 55.6 Å². The van der Waals surface area contributed by atoms with Crippen molar-refractivity contribution < 1.29 is 0 Å². The van der Waals surface area contributed by atoms with Crippen molar-refractivity contribution in [1.29, 1.82) is 0 Å². The summed E-state index contributed by atoms with van der Waals surface area (Å²) >= 11 is 1.88. The number of aryl methyl sites for hydroxylation is 1. The van der Waals surface area contributed by atoms with Crippen LogP contribution in [-0.2, 0) is 18.6 Å². The van der Waals surface area contributed by atoms with E-state index in [1.54, 1.807) is 10.9 Å². The maximum Gasteiger partial charge on any atom is 0.180 e. The quantitative estimate of drug-likeness (QED) is 0.874. The summed E-state index contributed by atoms with van der Waals surface area (Å²) in [5, 5.41) is 7.31. The van der Waals surface area contributed by atoms with Crippen LogP contribution >= 0.6 is 11.8 Å². The predicted octanol–water partition coefficient (Wildman–Crippen LogP) is 1.67. The summed E-state index contributed by atoms with van der Waals surface area (Å²) in [6.45, 7) is 0. The van der Waals surface area contributed by atoms with E-state index in [2.05, 4.69) is 20.4 Å². The first-order valence-corrected chi connectivity index (χ1v) is 6.58. The fraction of sp³-hybridized carbons (Fsp3) is 0.364. The molecule has 0 unspecified atom stereocenters. The molecule has 0 saturated carbocycles. The Morgan fingerprint density at radius 1 is 1.35 bits per heavy atom. The number of aromatic nitrogens is 4. The third-order valence-corrected chi connectivity index (χ3v) is 3.84. The van der Waals surface area contributed by atoms with Gasteiger partial charge in [-0.15, -0.1) is 0 Å². The summed E-state index contributed by atoms with van der Waals surface area (Å²) in [5.74, 6) is 3.65. The normalized spacial score (nSPS) is 13.8. The molecule has 3 rings (SSSR count). The molecule has 1 aliphatic rings. The van der Waals surface area contributed by atoms with Crippen molar-refractivity contribution >= 4 is 17.6 Å². The summed E-state index contributed by atoms with van der Waals surface area (Å²) in [5.41, 5.74) is 3.33. The number of nitrogens with one attached hydrogen (secondary N) is 1. The van der Waals surface area contributed by atoms with Crippen LogP contribution in [0.1, 0.15) is 11.3 Å². The molecule has 17 heavy (non-hydrogen) atoms. The van der Waals surface area contributed by atoms with E-state index in [0.29, 0.717) is 0 Å². The van der Waals surface area contributed by atoms with Crippen LogP contribution in [0.2, 0.25) is 0 Å². The summed E-state index contributed by atoms with van der Waals surface area (Å²) in [4.78, 5) is 9.20. The lowest BCUT2D eigenvalue weighted by molar-refractivity contribution is 0.769. The molecule has 0 spiro atoms. The average Bonchev–Trinajstić information content (AvgIpc) is 2.95. The Labute approximate surface area is 104 Å². The Morgan fingerprint density at radius 2 is 2.24 bits per heavy atom. The number of rotatable bonds is 2. The number of anilines is 1.